The quantitative estimate of drug-likeness (QED) is 0.399. The van der Waals surface area contributed by atoms with Crippen molar-refractivity contribution in [1.29, 1.82) is 0 Å². The molecule has 0 radical (unpaired) electrons. The average Bonchev–Trinajstić information content (AvgIpc) is 2.75. The van der Waals surface area contributed by atoms with Crippen molar-refractivity contribution in [3.05, 3.63) is 83.6 Å². The smallest absolute Gasteiger partial charge is 0.321 e. The molecule has 0 fully saturated rings. The molecule has 0 saturated carbocycles. The summed E-state index contributed by atoms with van der Waals surface area (Å²) in [6, 6.07) is 18.9. The highest BCUT2D eigenvalue weighted by Gasteiger charge is 2.10. The Labute approximate surface area is 184 Å². The first-order valence-corrected chi connectivity index (χ1v) is 10.1. The summed E-state index contributed by atoms with van der Waals surface area (Å²) < 4.78 is 11.6. The highest BCUT2D eigenvalue weighted by molar-refractivity contribution is 6.32. The lowest BCUT2D eigenvalue weighted by Gasteiger charge is -2.14. The van der Waals surface area contributed by atoms with Gasteiger partial charge in [-0.1, -0.05) is 29.8 Å². The lowest BCUT2D eigenvalue weighted by atomic mass is 10.0. The normalized spacial score (nSPS) is 11.7. The zero-order valence-electron chi connectivity index (χ0n) is 17.0. The molecule has 1 aromatic heterocycles. The molecule has 1 atom stereocenters. The summed E-state index contributed by atoms with van der Waals surface area (Å²) in [5, 5.41) is 5.38. The number of carbonyl (C=O) groups excluding carboxylic acids is 1. The van der Waals surface area contributed by atoms with Crippen LogP contribution in [0.1, 0.15) is 25.5 Å². The first kappa shape index (κ1) is 20.6. The Hall–Kier alpha value is -3.64. The molecule has 6 nitrogen and oxygen atoms in total. The molecule has 1 amide bonds. The van der Waals surface area contributed by atoms with Crippen molar-refractivity contribution in [3.8, 4) is 23.3 Å². The number of hydrogen-bond acceptors (Lipinski definition) is 5. The van der Waals surface area contributed by atoms with E-state index in [2.05, 4.69) is 21.4 Å². The second-order valence-corrected chi connectivity index (χ2v) is 7.43. The number of nitrogens with one attached hydrogen (secondary N) is 1. The van der Waals surface area contributed by atoms with E-state index in [9.17, 15) is 4.79 Å². The number of amides is 1. The minimum atomic E-state index is -0.0568. The van der Waals surface area contributed by atoms with Gasteiger partial charge >= 0.3 is 6.01 Å². The Bertz CT molecular complexity index is 1230. The number of ether oxygens (including phenoxy) is 2. The SMILES string of the molecule is CC(=O)NC(C)c1ccc2cc(Oc3ccc(Oc4ncccn4)cc3Cl)ccc2c1. The molecule has 31 heavy (non-hydrogen) atoms. The first-order valence-electron chi connectivity index (χ1n) is 9.71. The number of nitrogens with zero attached hydrogens (tertiary/aromatic N) is 2. The van der Waals surface area contributed by atoms with E-state index >= 15 is 0 Å². The van der Waals surface area contributed by atoms with E-state index in [4.69, 9.17) is 21.1 Å². The third kappa shape index (κ3) is 5.10. The third-order valence-electron chi connectivity index (χ3n) is 4.64. The Morgan fingerprint density at radius 1 is 0.935 bits per heavy atom. The molecule has 3 aromatic carbocycles. The highest BCUT2D eigenvalue weighted by atomic mass is 35.5. The molecule has 0 saturated heterocycles. The fraction of sp³-hybridized carbons (Fsp3) is 0.125. The maximum atomic E-state index is 11.3. The molecular weight excluding hydrogens is 414 g/mol. The van der Waals surface area contributed by atoms with Gasteiger partial charge in [-0.2, -0.15) is 0 Å². The van der Waals surface area contributed by atoms with Crippen molar-refractivity contribution in [1.82, 2.24) is 15.3 Å². The van der Waals surface area contributed by atoms with Crippen molar-refractivity contribution in [2.45, 2.75) is 19.9 Å². The van der Waals surface area contributed by atoms with Crippen LogP contribution in [0.3, 0.4) is 0 Å². The molecule has 1 N–H and O–H groups in total. The minimum absolute atomic E-state index is 0.0547. The topological polar surface area (TPSA) is 73.3 Å². The maximum absolute atomic E-state index is 11.3. The summed E-state index contributed by atoms with van der Waals surface area (Å²) in [4.78, 5) is 19.3. The second kappa shape index (κ2) is 9.02. The lowest BCUT2D eigenvalue weighted by molar-refractivity contribution is -0.119. The minimum Gasteiger partial charge on any atom is -0.456 e. The molecular formula is C24H20ClN3O3. The van der Waals surface area contributed by atoms with Gasteiger partial charge in [0.2, 0.25) is 5.91 Å². The van der Waals surface area contributed by atoms with Crippen LogP contribution in [-0.4, -0.2) is 15.9 Å². The van der Waals surface area contributed by atoms with Crippen LogP contribution in [0.4, 0.5) is 0 Å². The molecule has 0 spiro atoms. The van der Waals surface area contributed by atoms with Gasteiger partial charge in [0.05, 0.1) is 11.1 Å². The van der Waals surface area contributed by atoms with Gasteiger partial charge in [-0.05, 0) is 59.7 Å². The summed E-state index contributed by atoms with van der Waals surface area (Å²) in [5.41, 5.74) is 1.04. The van der Waals surface area contributed by atoms with Crippen molar-refractivity contribution in [2.75, 3.05) is 0 Å². The monoisotopic (exact) mass is 433 g/mol. The molecule has 4 aromatic rings. The Morgan fingerprint density at radius 2 is 1.61 bits per heavy atom. The van der Waals surface area contributed by atoms with E-state index in [0.29, 0.717) is 22.3 Å². The fourth-order valence-electron chi connectivity index (χ4n) is 3.16. The van der Waals surface area contributed by atoms with E-state index in [-0.39, 0.29) is 18.0 Å². The lowest BCUT2D eigenvalue weighted by Crippen LogP contribution is -2.23. The molecule has 7 heteroatoms. The van der Waals surface area contributed by atoms with Gasteiger partial charge in [0.15, 0.2) is 0 Å². The van der Waals surface area contributed by atoms with Gasteiger partial charge in [-0.3, -0.25) is 4.79 Å². The van der Waals surface area contributed by atoms with Crippen LogP contribution in [0.2, 0.25) is 5.02 Å². The van der Waals surface area contributed by atoms with Crippen LogP contribution < -0.4 is 14.8 Å². The zero-order chi connectivity index (χ0) is 21.8. The van der Waals surface area contributed by atoms with Gasteiger partial charge in [0, 0.05) is 25.4 Å². The first-order chi connectivity index (χ1) is 15.0. The molecule has 1 heterocycles. The van der Waals surface area contributed by atoms with E-state index in [1.807, 2.05) is 37.3 Å². The van der Waals surface area contributed by atoms with E-state index in [1.165, 1.54) is 6.92 Å². The standard InChI is InChI=1S/C24H20ClN3O3/c1-15(28-16(2)29)17-4-5-19-13-20(7-6-18(19)12-17)30-23-9-8-21(14-22(23)25)31-24-26-10-3-11-27-24/h3-15H,1-2H3,(H,28,29). The number of fused-ring (bicyclic) bond motifs is 1. The molecule has 1 unspecified atom stereocenters. The van der Waals surface area contributed by atoms with Crippen LogP contribution in [0, 0.1) is 0 Å². The average molecular weight is 434 g/mol. The van der Waals surface area contributed by atoms with Gasteiger partial charge < -0.3 is 14.8 Å². The van der Waals surface area contributed by atoms with E-state index < -0.39 is 0 Å². The van der Waals surface area contributed by atoms with Gasteiger partial charge in [0.1, 0.15) is 17.2 Å². The number of carbonyl (C=O) groups is 1. The summed E-state index contributed by atoms with van der Waals surface area (Å²) in [6.45, 7) is 3.47. The predicted octanol–water partition coefficient (Wildman–Crippen LogP) is 6.06. The van der Waals surface area contributed by atoms with Crippen LogP contribution in [-0.2, 0) is 4.79 Å². The van der Waals surface area contributed by atoms with Crippen LogP contribution in [0.5, 0.6) is 23.3 Å². The second-order valence-electron chi connectivity index (χ2n) is 7.02. The van der Waals surface area contributed by atoms with Gasteiger partial charge in [-0.25, -0.2) is 9.97 Å². The molecule has 0 aliphatic carbocycles. The molecule has 0 aliphatic heterocycles. The van der Waals surface area contributed by atoms with Crippen molar-refractivity contribution in [2.24, 2.45) is 0 Å². The Morgan fingerprint density at radius 3 is 2.35 bits per heavy atom. The number of rotatable bonds is 6. The summed E-state index contributed by atoms with van der Waals surface area (Å²) in [7, 11) is 0. The summed E-state index contributed by atoms with van der Waals surface area (Å²) in [6.07, 6.45) is 3.20. The molecule has 0 aliphatic rings. The zero-order valence-corrected chi connectivity index (χ0v) is 17.8. The third-order valence-corrected chi connectivity index (χ3v) is 4.93. The summed E-state index contributed by atoms with van der Waals surface area (Å²) in [5.74, 6) is 1.64. The molecule has 0 bridgehead atoms. The Balaban J connectivity index is 1.51. The van der Waals surface area contributed by atoms with Crippen LogP contribution in [0.15, 0.2) is 73.1 Å². The molecule has 4 rings (SSSR count). The Kier molecular flexibility index (Phi) is 6.00. The van der Waals surface area contributed by atoms with Crippen molar-refractivity contribution in [3.63, 3.8) is 0 Å². The number of hydrogen-bond donors (Lipinski definition) is 1. The highest BCUT2D eigenvalue weighted by Crippen LogP contribution is 2.34. The predicted molar refractivity (Wildman–Crippen MR) is 120 cm³/mol. The maximum Gasteiger partial charge on any atom is 0.321 e. The van der Waals surface area contributed by atoms with E-state index in [1.54, 1.807) is 36.7 Å². The van der Waals surface area contributed by atoms with Gasteiger partial charge in [0.25, 0.3) is 0 Å². The number of halogens is 1. The molecule has 156 valence electrons. The largest absolute Gasteiger partial charge is 0.456 e. The van der Waals surface area contributed by atoms with E-state index in [0.717, 1.165) is 16.3 Å². The van der Waals surface area contributed by atoms with Crippen LogP contribution in [0.25, 0.3) is 10.8 Å². The van der Waals surface area contributed by atoms with Crippen molar-refractivity contribution >= 4 is 28.3 Å². The van der Waals surface area contributed by atoms with Gasteiger partial charge in [-0.15, -0.1) is 0 Å². The summed E-state index contributed by atoms with van der Waals surface area (Å²) >= 11 is 6.38. The van der Waals surface area contributed by atoms with Crippen LogP contribution >= 0.6 is 11.6 Å². The fourth-order valence-corrected chi connectivity index (χ4v) is 3.37. The van der Waals surface area contributed by atoms with Crippen molar-refractivity contribution < 1.29 is 14.3 Å². The number of aromatic nitrogens is 2. The number of benzene rings is 3.